The molecule has 1 aliphatic rings. The summed E-state index contributed by atoms with van der Waals surface area (Å²) in [6, 6.07) is 0. The van der Waals surface area contributed by atoms with Crippen molar-refractivity contribution in [1.29, 1.82) is 0 Å². The Hall–Kier alpha value is -1.17. The third-order valence-corrected chi connectivity index (χ3v) is 8.43. The minimum absolute atomic E-state index is 0.00899. The molecular weight excluding hydrogens is 451 g/mol. The van der Waals surface area contributed by atoms with Crippen molar-refractivity contribution in [2.45, 2.75) is 82.4 Å². The predicted octanol–water partition coefficient (Wildman–Crippen LogP) is 1.98. The van der Waals surface area contributed by atoms with Gasteiger partial charge >= 0.3 is 7.60 Å². The Balaban J connectivity index is 1.83. The van der Waals surface area contributed by atoms with E-state index in [1.165, 1.54) is 24.1 Å². The van der Waals surface area contributed by atoms with Gasteiger partial charge in [0.2, 0.25) is 0 Å². The van der Waals surface area contributed by atoms with Crippen LogP contribution in [0.1, 0.15) is 53.2 Å². The average molecular weight is 479 g/mol. The summed E-state index contributed by atoms with van der Waals surface area (Å²) in [5, 5.41) is 29.7. The number of aliphatic hydroxyl groups excluding tert-OH is 2. The number of aromatic nitrogens is 4. The molecule has 7 atom stereocenters. The molecule has 174 valence electrons. The SMILES string of the molecule is CCC(C)(C[C@H]1OC(n2cnc3c(Cl)ncnc32)[C@H](O)[C@@H]1O)OP(=O)(O)[C@@](C)(O)CC. The molecule has 3 rings (SSSR count). The van der Waals surface area contributed by atoms with Gasteiger partial charge in [0.05, 0.1) is 18.0 Å². The van der Waals surface area contributed by atoms with Gasteiger partial charge < -0.3 is 29.5 Å². The summed E-state index contributed by atoms with van der Waals surface area (Å²) in [5.74, 6) is 0. The number of rotatable bonds is 8. The molecule has 0 saturated carbocycles. The molecular formula is C18H28ClN4O7P. The van der Waals surface area contributed by atoms with Gasteiger partial charge in [-0.05, 0) is 26.7 Å². The molecule has 31 heavy (non-hydrogen) atoms. The fourth-order valence-corrected chi connectivity index (χ4v) is 4.98. The lowest BCUT2D eigenvalue weighted by Gasteiger charge is -2.37. The molecule has 1 aliphatic heterocycles. The smallest absolute Gasteiger partial charge is 0.359 e. The van der Waals surface area contributed by atoms with Crippen LogP contribution in [0.3, 0.4) is 0 Å². The third-order valence-electron chi connectivity index (χ3n) is 5.93. The molecule has 0 amide bonds. The third kappa shape index (κ3) is 4.51. The molecule has 0 spiro atoms. The summed E-state index contributed by atoms with van der Waals surface area (Å²) in [6.07, 6.45) is -1.64. The quantitative estimate of drug-likeness (QED) is 0.326. The number of halogens is 1. The number of hydrogen-bond acceptors (Lipinski definition) is 9. The Labute approximate surface area is 184 Å². The van der Waals surface area contributed by atoms with Crippen LogP contribution in [-0.2, 0) is 13.8 Å². The van der Waals surface area contributed by atoms with E-state index >= 15 is 0 Å². The Kier molecular flexibility index (Phi) is 6.82. The maximum absolute atomic E-state index is 12.7. The van der Waals surface area contributed by atoms with E-state index in [2.05, 4.69) is 15.0 Å². The van der Waals surface area contributed by atoms with Gasteiger partial charge in [0.1, 0.15) is 24.1 Å². The van der Waals surface area contributed by atoms with Crippen LogP contribution in [0, 0.1) is 0 Å². The lowest BCUT2D eigenvalue weighted by molar-refractivity contribution is -0.0689. The zero-order chi connectivity index (χ0) is 23.2. The number of hydrogen-bond donors (Lipinski definition) is 4. The molecule has 13 heteroatoms. The highest BCUT2D eigenvalue weighted by molar-refractivity contribution is 7.54. The second kappa shape index (κ2) is 8.64. The van der Waals surface area contributed by atoms with Gasteiger partial charge in [-0.1, -0.05) is 25.4 Å². The standard InChI is InChI=1S/C18H28ClN4O7P/c1-5-17(3,30-31(27,28)18(4,26)6-2)7-10-12(24)13(25)16(29-10)23-9-22-11-14(19)20-8-21-15(11)23/h8-10,12-13,16,24-26H,5-7H2,1-4H3,(H,27,28)/t10-,12-,13-,16?,17?,18-/m1/s1. The first-order chi connectivity index (χ1) is 14.4. The minimum Gasteiger partial charge on any atom is -0.388 e. The largest absolute Gasteiger partial charge is 0.388 e. The fraction of sp³-hybridized carbons (Fsp3) is 0.722. The van der Waals surface area contributed by atoms with Crippen molar-refractivity contribution in [1.82, 2.24) is 19.5 Å². The second-order valence-electron chi connectivity index (χ2n) is 8.22. The Morgan fingerprint density at radius 1 is 1.23 bits per heavy atom. The van der Waals surface area contributed by atoms with E-state index in [1.807, 2.05) is 0 Å². The molecule has 2 aromatic rings. The number of ether oxygens (including phenoxy) is 1. The molecule has 3 heterocycles. The van der Waals surface area contributed by atoms with Crippen LogP contribution >= 0.6 is 19.2 Å². The zero-order valence-corrected chi connectivity index (χ0v) is 19.4. The van der Waals surface area contributed by atoms with E-state index < -0.39 is 43.1 Å². The summed E-state index contributed by atoms with van der Waals surface area (Å²) < 4.78 is 25.6. The normalized spacial score (nSPS) is 30.1. The van der Waals surface area contributed by atoms with Gasteiger partial charge in [0, 0.05) is 6.42 Å². The van der Waals surface area contributed by atoms with E-state index in [0.29, 0.717) is 17.6 Å². The summed E-state index contributed by atoms with van der Waals surface area (Å²) in [5.41, 5.74) is -0.570. The van der Waals surface area contributed by atoms with Crippen molar-refractivity contribution in [2.75, 3.05) is 0 Å². The first-order valence-electron chi connectivity index (χ1n) is 9.96. The van der Waals surface area contributed by atoms with Gasteiger partial charge in [-0.15, -0.1) is 0 Å². The van der Waals surface area contributed by atoms with Gasteiger partial charge in [-0.2, -0.15) is 0 Å². The molecule has 1 saturated heterocycles. The Bertz CT molecular complexity index is 989. The molecule has 0 aromatic carbocycles. The average Bonchev–Trinajstić information content (AvgIpc) is 3.25. The topological polar surface area (TPSA) is 160 Å². The van der Waals surface area contributed by atoms with Crippen LogP contribution in [0.25, 0.3) is 11.2 Å². The summed E-state index contributed by atoms with van der Waals surface area (Å²) in [6.45, 7) is 6.16. The monoisotopic (exact) mass is 478 g/mol. The van der Waals surface area contributed by atoms with Gasteiger partial charge in [0.15, 0.2) is 22.4 Å². The van der Waals surface area contributed by atoms with E-state index in [4.69, 9.17) is 20.9 Å². The second-order valence-corrected chi connectivity index (χ2v) is 10.8. The van der Waals surface area contributed by atoms with Crippen molar-refractivity contribution < 1.29 is 34.0 Å². The molecule has 0 aliphatic carbocycles. The van der Waals surface area contributed by atoms with Crippen molar-refractivity contribution >= 4 is 30.4 Å². The van der Waals surface area contributed by atoms with Crippen molar-refractivity contribution in [2.24, 2.45) is 0 Å². The lowest BCUT2D eigenvalue weighted by Crippen LogP contribution is -2.40. The highest BCUT2D eigenvalue weighted by Crippen LogP contribution is 2.59. The van der Waals surface area contributed by atoms with Gasteiger partial charge in [-0.25, -0.2) is 15.0 Å². The lowest BCUT2D eigenvalue weighted by atomic mass is 9.93. The van der Waals surface area contributed by atoms with Gasteiger partial charge in [-0.3, -0.25) is 9.13 Å². The van der Waals surface area contributed by atoms with Crippen LogP contribution in [-0.4, -0.2) is 69.0 Å². The highest BCUT2D eigenvalue weighted by Gasteiger charge is 2.50. The molecule has 11 nitrogen and oxygen atoms in total. The molecule has 4 N–H and O–H groups in total. The number of nitrogens with zero attached hydrogens (tertiary/aromatic N) is 4. The first-order valence-corrected chi connectivity index (χ1v) is 11.9. The summed E-state index contributed by atoms with van der Waals surface area (Å²) in [7, 11) is -4.42. The van der Waals surface area contributed by atoms with E-state index in [9.17, 15) is 24.8 Å². The van der Waals surface area contributed by atoms with Crippen molar-refractivity contribution in [3.63, 3.8) is 0 Å². The van der Waals surface area contributed by atoms with Gasteiger partial charge in [0.25, 0.3) is 0 Å². The van der Waals surface area contributed by atoms with Crippen LogP contribution in [0.2, 0.25) is 5.15 Å². The maximum atomic E-state index is 12.7. The summed E-state index contributed by atoms with van der Waals surface area (Å²) in [4.78, 5) is 22.4. The van der Waals surface area contributed by atoms with Crippen molar-refractivity contribution in [3.05, 3.63) is 17.8 Å². The van der Waals surface area contributed by atoms with Crippen LogP contribution in [0.5, 0.6) is 0 Å². The number of fused-ring (bicyclic) bond motifs is 1. The summed E-state index contributed by atoms with van der Waals surface area (Å²) >= 11 is 6.02. The Morgan fingerprint density at radius 2 is 1.90 bits per heavy atom. The maximum Gasteiger partial charge on any atom is 0.359 e. The molecule has 0 radical (unpaired) electrons. The molecule has 2 aromatic heterocycles. The molecule has 0 bridgehead atoms. The molecule has 1 fully saturated rings. The van der Waals surface area contributed by atoms with Crippen LogP contribution in [0.4, 0.5) is 0 Å². The van der Waals surface area contributed by atoms with Crippen LogP contribution < -0.4 is 0 Å². The number of imidazole rings is 1. The van der Waals surface area contributed by atoms with E-state index in [0.717, 1.165) is 0 Å². The van der Waals surface area contributed by atoms with E-state index in [1.54, 1.807) is 20.8 Å². The first kappa shape index (κ1) is 24.5. The highest BCUT2D eigenvalue weighted by atomic mass is 35.5. The zero-order valence-electron chi connectivity index (χ0n) is 17.7. The van der Waals surface area contributed by atoms with E-state index in [-0.39, 0.29) is 18.0 Å². The number of aliphatic hydroxyl groups is 3. The van der Waals surface area contributed by atoms with Crippen molar-refractivity contribution in [3.8, 4) is 0 Å². The minimum atomic E-state index is -4.42. The Morgan fingerprint density at radius 3 is 2.52 bits per heavy atom. The molecule has 3 unspecified atom stereocenters. The predicted molar refractivity (Wildman–Crippen MR) is 111 cm³/mol. The van der Waals surface area contributed by atoms with Crippen LogP contribution in [0.15, 0.2) is 12.7 Å². The fourth-order valence-electron chi connectivity index (χ4n) is 3.41.